The average molecular weight is 210 g/mol. The number of carbonyl (C=O) groups excluding carboxylic acids is 1. The molecule has 5 heteroatoms. The van der Waals surface area contributed by atoms with Gasteiger partial charge in [0.05, 0.1) is 5.69 Å². The molecule has 5 nitrogen and oxygen atoms in total. The van der Waals surface area contributed by atoms with Gasteiger partial charge in [-0.2, -0.15) is 0 Å². The maximum Gasteiger partial charge on any atom is 0.410 e. The first kappa shape index (κ1) is 11.2. The summed E-state index contributed by atoms with van der Waals surface area (Å²) < 4.78 is 9.86. The van der Waals surface area contributed by atoms with E-state index in [-0.39, 0.29) is 6.79 Å². The zero-order valence-corrected chi connectivity index (χ0v) is 8.53. The minimum atomic E-state index is -0.507. The molecule has 15 heavy (non-hydrogen) atoms. The van der Waals surface area contributed by atoms with Crippen molar-refractivity contribution in [2.24, 2.45) is 0 Å². The number of anilines is 1. The van der Waals surface area contributed by atoms with Gasteiger partial charge in [-0.15, -0.1) is 0 Å². The first-order valence-electron chi connectivity index (χ1n) is 4.62. The molecule has 0 aliphatic heterocycles. The molecule has 1 aromatic rings. The van der Waals surface area contributed by atoms with Crippen LogP contribution in [-0.2, 0) is 4.74 Å². The Bertz CT molecular complexity index is 328. The molecule has 1 aromatic carbocycles. The lowest BCUT2D eigenvalue weighted by atomic mass is 10.3. The van der Waals surface area contributed by atoms with Crippen molar-refractivity contribution in [3.8, 4) is 5.75 Å². The van der Waals surface area contributed by atoms with E-state index >= 15 is 0 Å². The second-order valence-corrected chi connectivity index (χ2v) is 2.76. The standard InChI is InChI=1S/C10H14N2O3/c1-2-12-10(13)15-7-14-9-6-4-3-5-8(9)11/h3-6H,2,7,11H2,1H3,(H,12,13). The summed E-state index contributed by atoms with van der Waals surface area (Å²) in [4.78, 5) is 10.9. The van der Waals surface area contributed by atoms with E-state index in [9.17, 15) is 4.79 Å². The Morgan fingerprint density at radius 3 is 2.87 bits per heavy atom. The van der Waals surface area contributed by atoms with E-state index in [0.29, 0.717) is 18.0 Å². The molecular formula is C10H14N2O3. The highest BCUT2D eigenvalue weighted by Crippen LogP contribution is 2.19. The van der Waals surface area contributed by atoms with E-state index in [4.69, 9.17) is 15.2 Å². The molecule has 0 aliphatic rings. The van der Waals surface area contributed by atoms with Crippen LogP contribution in [0.3, 0.4) is 0 Å². The Labute approximate surface area is 88.2 Å². The Kier molecular flexibility index (Phi) is 4.28. The maximum atomic E-state index is 10.9. The highest BCUT2D eigenvalue weighted by atomic mass is 16.7. The molecular weight excluding hydrogens is 196 g/mol. The molecule has 0 aliphatic carbocycles. The molecule has 0 atom stereocenters. The lowest BCUT2D eigenvalue weighted by Gasteiger charge is -2.08. The van der Waals surface area contributed by atoms with Crippen molar-refractivity contribution in [3.05, 3.63) is 24.3 Å². The molecule has 0 heterocycles. The summed E-state index contributed by atoms with van der Waals surface area (Å²) >= 11 is 0. The average Bonchev–Trinajstić information content (AvgIpc) is 2.21. The predicted molar refractivity (Wildman–Crippen MR) is 56.5 cm³/mol. The van der Waals surface area contributed by atoms with Crippen molar-refractivity contribution >= 4 is 11.8 Å². The number of alkyl carbamates (subject to hydrolysis) is 1. The largest absolute Gasteiger partial charge is 0.455 e. The van der Waals surface area contributed by atoms with E-state index in [1.807, 2.05) is 0 Å². The molecule has 3 N–H and O–H groups in total. The van der Waals surface area contributed by atoms with E-state index in [2.05, 4.69) is 5.32 Å². The maximum absolute atomic E-state index is 10.9. The number of hydrogen-bond donors (Lipinski definition) is 2. The summed E-state index contributed by atoms with van der Waals surface area (Å²) in [5, 5.41) is 2.47. The van der Waals surface area contributed by atoms with Gasteiger partial charge >= 0.3 is 6.09 Å². The first-order valence-corrected chi connectivity index (χ1v) is 4.62. The lowest BCUT2D eigenvalue weighted by Crippen LogP contribution is -2.25. The molecule has 0 radical (unpaired) electrons. The van der Waals surface area contributed by atoms with Gasteiger partial charge < -0.3 is 20.5 Å². The fraction of sp³-hybridized carbons (Fsp3) is 0.300. The molecule has 0 saturated heterocycles. The molecule has 0 spiro atoms. The predicted octanol–water partition coefficient (Wildman–Crippen LogP) is 1.35. The van der Waals surface area contributed by atoms with Gasteiger partial charge in [0.1, 0.15) is 5.75 Å². The van der Waals surface area contributed by atoms with Crippen LogP contribution in [0.25, 0.3) is 0 Å². The number of hydrogen-bond acceptors (Lipinski definition) is 4. The molecule has 0 unspecified atom stereocenters. The second-order valence-electron chi connectivity index (χ2n) is 2.76. The van der Waals surface area contributed by atoms with Gasteiger partial charge in [-0.25, -0.2) is 4.79 Å². The lowest BCUT2D eigenvalue weighted by molar-refractivity contribution is 0.0603. The van der Waals surface area contributed by atoms with Crippen LogP contribution in [0.1, 0.15) is 6.92 Å². The summed E-state index contributed by atoms with van der Waals surface area (Å²) in [7, 11) is 0. The van der Waals surface area contributed by atoms with Crippen molar-refractivity contribution < 1.29 is 14.3 Å². The van der Waals surface area contributed by atoms with Crippen LogP contribution in [0, 0.1) is 0 Å². The molecule has 0 fully saturated rings. The number of nitrogens with two attached hydrogens (primary N) is 1. The van der Waals surface area contributed by atoms with Gasteiger partial charge in [0.25, 0.3) is 0 Å². The molecule has 1 rings (SSSR count). The smallest absolute Gasteiger partial charge is 0.410 e. The highest BCUT2D eigenvalue weighted by molar-refractivity contribution is 5.66. The topological polar surface area (TPSA) is 73.6 Å². The zero-order chi connectivity index (χ0) is 11.1. The summed E-state index contributed by atoms with van der Waals surface area (Å²) in [5.74, 6) is 0.502. The van der Waals surface area contributed by atoms with Crippen LogP contribution >= 0.6 is 0 Å². The minimum Gasteiger partial charge on any atom is -0.455 e. The SMILES string of the molecule is CCNC(=O)OCOc1ccccc1N. The summed E-state index contributed by atoms with van der Waals surface area (Å²) in [6, 6.07) is 7.00. The molecule has 1 amide bonds. The van der Waals surface area contributed by atoms with E-state index in [0.717, 1.165) is 0 Å². The van der Waals surface area contributed by atoms with Crippen molar-refractivity contribution in [2.45, 2.75) is 6.92 Å². The zero-order valence-electron chi connectivity index (χ0n) is 8.53. The minimum absolute atomic E-state index is 0.153. The number of benzene rings is 1. The summed E-state index contributed by atoms with van der Waals surface area (Å²) in [6.07, 6.45) is -0.507. The quantitative estimate of drug-likeness (QED) is 0.581. The van der Waals surface area contributed by atoms with Crippen molar-refractivity contribution in [1.82, 2.24) is 5.32 Å². The number of carbonyl (C=O) groups is 1. The third-order valence-electron chi connectivity index (χ3n) is 1.64. The van der Waals surface area contributed by atoms with Gasteiger partial charge in [-0.3, -0.25) is 0 Å². The van der Waals surface area contributed by atoms with Gasteiger partial charge in [-0.05, 0) is 19.1 Å². The number of amides is 1. The third-order valence-corrected chi connectivity index (χ3v) is 1.64. The van der Waals surface area contributed by atoms with Crippen LogP contribution in [0.5, 0.6) is 5.75 Å². The van der Waals surface area contributed by atoms with Gasteiger partial charge in [0.2, 0.25) is 6.79 Å². The second kappa shape index (κ2) is 5.74. The van der Waals surface area contributed by atoms with Crippen LogP contribution in [0.15, 0.2) is 24.3 Å². The van der Waals surface area contributed by atoms with Crippen molar-refractivity contribution in [1.29, 1.82) is 0 Å². The molecule has 0 bridgehead atoms. The van der Waals surface area contributed by atoms with Crippen LogP contribution in [0.4, 0.5) is 10.5 Å². The van der Waals surface area contributed by atoms with E-state index in [1.54, 1.807) is 31.2 Å². The Morgan fingerprint density at radius 2 is 2.20 bits per heavy atom. The third kappa shape index (κ3) is 3.76. The number of ether oxygens (including phenoxy) is 2. The van der Waals surface area contributed by atoms with Gasteiger partial charge in [0.15, 0.2) is 0 Å². The van der Waals surface area contributed by atoms with Crippen molar-refractivity contribution in [2.75, 3.05) is 19.1 Å². The van der Waals surface area contributed by atoms with Gasteiger partial charge in [0, 0.05) is 6.54 Å². The normalized spacial score (nSPS) is 9.40. The monoisotopic (exact) mass is 210 g/mol. The number of nitrogens with one attached hydrogen (secondary N) is 1. The fourth-order valence-electron chi connectivity index (χ4n) is 0.954. The Hall–Kier alpha value is -1.91. The molecule has 0 saturated carbocycles. The molecule has 82 valence electrons. The van der Waals surface area contributed by atoms with Crippen molar-refractivity contribution in [3.63, 3.8) is 0 Å². The molecule has 0 aromatic heterocycles. The van der Waals surface area contributed by atoms with Crippen LogP contribution in [0.2, 0.25) is 0 Å². The van der Waals surface area contributed by atoms with Gasteiger partial charge in [-0.1, -0.05) is 12.1 Å². The number of para-hydroxylation sites is 2. The van der Waals surface area contributed by atoms with Crippen LogP contribution < -0.4 is 15.8 Å². The first-order chi connectivity index (χ1) is 7.24. The van der Waals surface area contributed by atoms with E-state index in [1.165, 1.54) is 0 Å². The number of nitrogen functional groups attached to an aromatic ring is 1. The Morgan fingerprint density at radius 1 is 1.47 bits per heavy atom. The summed E-state index contributed by atoms with van der Waals surface area (Å²) in [5.41, 5.74) is 6.13. The fourth-order valence-corrected chi connectivity index (χ4v) is 0.954. The summed E-state index contributed by atoms with van der Waals surface area (Å²) in [6.45, 7) is 2.17. The highest BCUT2D eigenvalue weighted by Gasteiger charge is 2.01. The van der Waals surface area contributed by atoms with Crippen LogP contribution in [-0.4, -0.2) is 19.4 Å². The number of rotatable bonds is 4. The van der Waals surface area contributed by atoms with E-state index < -0.39 is 6.09 Å². The Balaban J connectivity index is 2.32.